The Bertz CT molecular complexity index is 461. The molecule has 0 atom stereocenters. The predicted molar refractivity (Wildman–Crippen MR) is 58.6 cm³/mol. The molecule has 4 heteroatoms. The van der Waals surface area contributed by atoms with Crippen LogP contribution in [0, 0.1) is 11.3 Å². The van der Waals surface area contributed by atoms with E-state index in [2.05, 4.69) is 11.4 Å². The van der Waals surface area contributed by atoms with E-state index >= 15 is 0 Å². The standard InChI is InChI=1S/C9H8N2S2/c1-2-11-8-7(5-10)6-3-4-12-9(6)13-8/h3-4,11H,2H2,1H3. The van der Waals surface area contributed by atoms with E-state index < -0.39 is 0 Å². The zero-order valence-electron chi connectivity index (χ0n) is 7.13. The fraction of sp³-hybridized carbons (Fsp3) is 0.222. The van der Waals surface area contributed by atoms with E-state index in [1.54, 1.807) is 22.7 Å². The van der Waals surface area contributed by atoms with Crippen LogP contribution in [0.25, 0.3) is 9.40 Å². The molecular formula is C9H8N2S2. The molecule has 2 heterocycles. The van der Waals surface area contributed by atoms with Crippen molar-refractivity contribution in [2.24, 2.45) is 0 Å². The van der Waals surface area contributed by atoms with Crippen LogP contribution >= 0.6 is 22.7 Å². The van der Waals surface area contributed by atoms with Gasteiger partial charge in [0.15, 0.2) is 0 Å². The molecule has 0 aromatic carbocycles. The van der Waals surface area contributed by atoms with Crippen LogP contribution in [0.1, 0.15) is 12.5 Å². The van der Waals surface area contributed by atoms with E-state index in [9.17, 15) is 0 Å². The zero-order chi connectivity index (χ0) is 9.26. The zero-order valence-corrected chi connectivity index (χ0v) is 8.76. The third-order valence-electron chi connectivity index (χ3n) is 1.77. The summed E-state index contributed by atoms with van der Waals surface area (Å²) < 4.78 is 1.23. The van der Waals surface area contributed by atoms with Crippen molar-refractivity contribution < 1.29 is 0 Å². The molecule has 2 nitrogen and oxygen atoms in total. The number of hydrogen-bond acceptors (Lipinski definition) is 4. The predicted octanol–water partition coefficient (Wildman–Crippen LogP) is 3.27. The van der Waals surface area contributed by atoms with Gasteiger partial charge in [-0.1, -0.05) is 0 Å². The molecule has 2 rings (SSSR count). The van der Waals surface area contributed by atoms with Crippen molar-refractivity contribution in [3.8, 4) is 6.07 Å². The number of anilines is 1. The number of nitrogens with one attached hydrogen (secondary N) is 1. The minimum Gasteiger partial charge on any atom is -0.376 e. The molecule has 66 valence electrons. The van der Waals surface area contributed by atoms with Gasteiger partial charge in [0.05, 0.1) is 9.58 Å². The normalized spacial score (nSPS) is 10.2. The highest BCUT2D eigenvalue weighted by molar-refractivity contribution is 7.39. The van der Waals surface area contributed by atoms with E-state index in [0.717, 1.165) is 22.5 Å². The molecule has 13 heavy (non-hydrogen) atoms. The summed E-state index contributed by atoms with van der Waals surface area (Å²) in [6, 6.07) is 4.25. The molecule has 0 bridgehead atoms. The van der Waals surface area contributed by atoms with E-state index in [-0.39, 0.29) is 0 Å². The van der Waals surface area contributed by atoms with Crippen molar-refractivity contribution in [1.82, 2.24) is 0 Å². The van der Waals surface area contributed by atoms with E-state index in [1.165, 1.54) is 4.01 Å². The smallest absolute Gasteiger partial charge is 0.108 e. The van der Waals surface area contributed by atoms with Gasteiger partial charge in [-0.2, -0.15) is 5.26 Å². The van der Waals surface area contributed by atoms with Crippen molar-refractivity contribution >= 4 is 37.1 Å². The molecule has 0 aliphatic heterocycles. The minimum absolute atomic E-state index is 0.795. The first-order chi connectivity index (χ1) is 6.36. The average molecular weight is 208 g/mol. The van der Waals surface area contributed by atoms with Crippen molar-refractivity contribution in [3.05, 3.63) is 17.0 Å². The van der Waals surface area contributed by atoms with Crippen molar-refractivity contribution in [1.29, 1.82) is 5.26 Å². The lowest BCUT2D eigenvalue weighted by molar-refractivity contribution is 1.22. The summed E-state index contributed by atoms with van der Waals surface area (Å²) >= 11 is 3.36. The number of thiophene rings is 2. The van der Waals surface area contributed by atoms with E-state index in [1.807, 2.05) is 18.4 Å². The van der Waals surface area contributed by atoms with Gasteiger partial charge in [0, 0.05) is 11.9 Å². The largest absolute Gasteiger partial charge is 0.376 e. The number of nitriles is 1. The Morgan fingerprint density at radius 2 is 2.46 bits per heavy atom. The van der Waals surface area contributed by atoms with Crippen LogP contribution in [0.2, 0.25) is 0 Å². The maximum Gasteiger partial charge on any atom is 0.108 e. The van der Waals surface area contributed by atoms with Gasteiger partial charge in [0.2, 0.25) is 0 Å². The molecule has 2 aromatic rings. The number of nitrogens with zero attached hydrogens (tertiary/aromatic N) is 1. The van der Waals surface area contributed by atoms with Gasteiger partial charge >= 0.3 is 0 Å². The fourth-order valence-electron chi connectivity index (χ4n) is 1.22. The Kier molecular flexibility index (Phi) is 2.21. The summed E-state index contributed by atoms with van der Waals surface area (Å²) in [5, 5.41) is 16.3. The fourth-order valence-corrected chi connectivity index (χ4v) is 3.40. The van der Waals surface area contributed by atoms with Crippen LogP contribution in [-0.2, 0) is 0 Å². The second kappa shape index (κ2) is 3.36. The molecule has 0 aliphatic rings. The molecule has 1 N–H and O–H groups in total. The molecular weight excluding hydrogens is 200 g/mol. The second-order valence-electron chi connectivity index (χ2n) is 2.57. The first-order valence-electron chi connectivity index (χ1n) is 4.00. The highest BCUT2D eigenvalue weighted by Crippen LogP contribution is 2.38. The SMILES string of the molecule is CCNc1sc2sccc2c1C#N. The first-order valence-corrected chi connectivity index (χ1v) is 5.70. The van der Waals surface area contributed by atoms with Crippen LogP contribution in [-0.4, -0.2) is 6.54 Å². The van der Waals surface area contributed by atoms with Gasteiger partial charge in [-0.15, -0.1) is 22.7 Å². The Morgan fingerprint density at radius 1 is 1.62 bits per heavy atom. The Morgan fingerprint density at radius 3 is 3.15 bits per heavy atom. The van der Waals surface area contributed by atoms with Gasteiger partial charge in [-0.3, -0.25) is 0 Å². The molecule has 0 aliphatic carbocycles. The maximum absolute atomic E-state index is 8.97. The molecule has 0 saturated heterocycles. The molecule has 0 radical (unpaired) electrons. The summed E-state index contributed by atoms with van der Waals surface area (Å²) in [6.07, 6.45) is 0. The highest BCUT2D eigenvalue weighted by Gasteiger charge is 2.11. The van der Waals surface area contributed by atoms with Crippen molar-refractivity contribution in [2.45, 2.75) is 6.92 Å². The lowest BCUT2D eigenvalue weighted by Gasteiger charge is -1.97. The summed E-state index contributed by atoms with van der Waals surface area (Å²) in [5.74, 6) is 0. The van der Waals surface area contributed by atoms with Crippen LogP contribution in [0.15, 0.2) is 11.4 Å². The summed E-state index contributed by atoms with van der Waals surface area (Å²) in [5.41, 5.74) is 0.795. The topological polar surface area (TPSA) is 35.8 Å². The van der Waals surface area contributed by atoms with Crippen molar-refractivity contribution in [2.75, 3.05) is 11.9 Å². The van der Waals surface area contributed by atoms with Gasteiger partial charge in [0.1, 0.15) is 11.1 Å². The first kappa shape index (κ1) is 8.54. The van der Waals surface area contributed by atoms with Gasteiger partial charge in [-0.25, -0.2) is 0 Å². The van der Waals surface area contributed by atoms with Crippen LogP contribution < -0.4 is 5.32 Å². The molecule has 0 spiro atoms. The monoisotopic (exact) mass is 208 g/mol. The Labute approximate surface area is 84.4 Å². The number of hydrogen-bond donors (Lipinski definition) is 1. The van der Waals surface area contributed by atoms with Crippen LogP contribution in [0.5, 0.6) is 0 Å². The van der Waals surface area contributed by atoms with Gasteiger partial charge in [-0.05, 0) is 18.4 Å². The highest BCUT2D eigenvalue weighted by atomic mass is 32.2. The molecule has 0 amide bonds. The summed E-state index contributed by atoms with van der Waals surface area (Å²) in [4.78, 5) is 0. The van der Waals surface area contributed by atoms with Gasteiger partial charge in [0.25, 0.3) is 0 Å². The maximum atomic E-state index is 8.97. The number of fused-ring (bicyclic) bond motifs is 1. The Balaban J connectivity index is 2.62. The number of rotatable bonds is 2. The van der Waals surface area contributed by atoms with E-state index in [4.69, 9.17) is 5.26 Å². The third-order valence-corrected chi connectivity index (χ3v) is 3.97. The molecule has 2 aromatic heterocycles. The Hall–Kier alpha value is -1.05. The second-order valence-corrected chi connectivity index (χ2v) is 4.77. The summed E-state index contributed by atoms with van der Waals surface area (Å²) in [7, 11) is 0. The van der Waals surface area contributed by atoms with Crippen LogP contribution in [0.3, 0.4) is 0 Å². The van der Waals surface area contributed by atoms with E-state index in [0.29, 0.717) is 0 Å². The van der Waals surface area contributed by atoms with Gasteiger partial charge < -0.3 is 5.32 Å². The molecule has 0 saturated carbocycles. The molecule has 0 unspecified atom stereocenters. The minimum atomic E-state index is 0.795. The van der Waals surface area contributed by atoms with Crippen LogP contribution in [0.4, 0.5) is 5.00 Å². The lowest BCUT2D eigenvalue weighted by Crippen LogP contribution is -1.94. The summed E-state index contributed by atoms with van der Waals surface area (Å²) in [6.45, 7) is 2.90. The lowest BCUT2D eigenvalue weighted by atomic mass is 10.2. The average Bonchev–Trinajstić information content (AvgIpc) is 2.64. The third kappa shape index (κ3) is 1.30. The molecule has 0 fully saturated rings. The van der Waals surface area contributed by atoms with Crippen molar-refractivity contribution in [3.63, 3.8) is 0 Å². The quantitative estimate of drug-likeness (QED) is 0.822.